The maximum atomic E-state index is 10.3. The van der Waals surface area contributed by atoms with Gasteiger partial charge in [0.05, 0.1) is 5.88 Å². The molecule has 0 amide bonds. The molecule has 1 unspecified atom stereocenters. The molecule has 0 aliphatic rings. The summed E-state index contributed by atoms with van der Waals surface area (Å²) in [5, 5.41) is 8.68. The Morgan fingerprint density at radius 1 is 1.89 bits per heavy atom. The van der Waals surface area contributed by atoms with Crippen LogP contribution in [0.4, 0.5) is 0 Å². The number of aliphatic hydroxyl groups excluding tert-OH is 1. The summed E-state index contributed by atoms with van der Waals surface area (Å²) in [6.45, 7) is 1.27. The van der Waals surface area contributed by atoms with Gasteiger partial charge in [0.1, 0.15) is 0 Å². The summed E-state index contributed by atoms with van der Waals surface area (Å²) >= 11 is 5.15. The highest BCUT2D eigenvalue weighted by molar-refractivity contribution is 6.19. The van der Waals surface area contributed by atoms with Crippen molar-refractivity contribution in [3.63, 3.8) is 0 Å². The highest BCUT2D eigenvalue weighted by Gasteiger charge is 2.02. The molecule has 0 saturated heterocycles. The van der Waals surface area contributed by atoms with E-state index in [1.807, 2.05) is 0 Å². The molecule has 0 rings (SSSR count). The number of alkyl halides is 1. The van der Waals surface area contributed by atoms with Crippen LogP contribution in [0.2, 0.25) is 0 Å². The van der Waals surface area contributed by atoms with Crippen LogP contribution in [-0.4, -0.2) is 22.9 Å². The van der Waals surface area contributed by atoms with Crippen LogP contribution in [0.1, 0.15) is 6.92 Å². The second kappa shape index (κ2) is 4.37. The van der Waals surface area contributed by atoms with Crippen molar-refractivity contribution in [2.45, 2.75) is 13.0 Å². The van der Waals surface area contributed by atoms with Gasteiger partial charge in [-0.1, -0.05) is 11.8 Å². The fourth-order valence-electron chi connectivity index (χ4n) is 0.237. The lowest BCUT2D eigenvalue weighted by Gasteiger charge is -1.91. The fraction of sp³-hybridized carbons (Fsp3) is 0.500. The number of Topliss-reactive ketones (excluding diaryl/α,β-unsaturated/α-hetero) is 1. The van der Waals surface area contributed by atoms with Crippen molar-refractivity contribution in [2.24, 2.45) is 0 Å². The van der Waals surface area contributed by atoms with Gasteiger partial charge in [0.15, 0.2) is 11.9 Å². The highest BCUT2D eigenvalue weighted by atomic mass is 35.5. The molecular weight excluding hydrogens is 140 g/mol. The average Bonchev–Trinajstić information content (AvgIpc) is 1.82. The average molecular weight is 147 g/mol. The zero-order valence-corrected chi connectivity index (χ0v) is 5.77. The lowest BCUT2D eigenvalue weighted by atomic mass is 10.3. The molecule has 0 aliphatic heterocycles. The predicted molar refractivity (Wildman–Crippen MR) is 35.2 cm³/mol. The van der Waals surface area contributed by atoms with Gasteiger partial charge < -0.3 is 5.11 Å². The van der Waals surface area contributed by atoms with Crippen LogP contribution in [0.3, 0.4) is 0 Å². The Morgan fingerprint density at radius 3 is 2.78 bits per heavy atom. The van der Waals surface area contributed by atoms with Crippen molar-refractivity contribution < 1.29 is 9.90 Å². The summed E-state index contributed by atoms with van der Waals surface area (Å²) in [5.41, 5.74) is 0. The van der Waals surface area contributed by atoms with Crippen LogP contribution in [-0.2, 0) is 4.79 Å². The molecule has 0 aromatic rings. The molecule has 0 aromatic heterocycles. The minimum Gasteiger partial charge on any atom is -0.373 e. The van der Waals surface area contributed by atoms with E-state index in [-0.39, 0.29) is 11.7 Å². The molecule has 0 heterocycles. The molecule has 3 heteroatoms. The van der Waals surface area contributed by atoms with Gasteiger partial charge in [-0.25, -0.2) is 0 Å². The highest BCUT2D eigenvalue weighted by Crippen LogP contribution is 1.80. The number of aliphatic hydroxyl groups is 1. The number of rotatable bonds is 1. The van der Waals surface area contributed by atoms with Crippen molar-refractivity contribution in [1.82, 2.24) is 0 Å². The number of carbonyl (C=O) groups excluding carboxylic acids is 1. The first kappa shape index (κ1) is 8.48. The third-order valence-corrected chi connectivity index (χ3v) is 0.824. The number of ketones is 1. The van der Waals surface area contributed by atoms with Gasteiger partial charge in [0, 0.05) is 0 Å². The molecule has 0 fully saturated rings. The van der Waals surface area contributed by atoms with Crippen molar-refractivity contribution >= 4 is 17.4 Å². The van der Waals surface area contributed by atoms with Crippen LogP contribution < -0.4 is 0 Å². The van der Waals surface area contributed by atoms with Crippen molar-refractivity contribution in [1.29, 1.82) is 0 Å². The smallest absolute Gasteiger partial charge is 0.172 e. The molecule has 2 nitrogen and oxygen atoms in total. The van der Waals surface area contributed by atoms with Gasteiger partial charge in [0.2, 0.25) is 0 Å². The van der Waals surface area contributed by atoms with Crippen LogP contribution >= 0.6 is 11.6 Å². The van der Waals surface area contributed by atoms with Crippen molar-refractivity contribution in [3.05, 3.63) is 0 Å². The third kappa shape index (κ3) is 4.01. The minimum atomic E-state index is -1.16. The first-order chi connectivity index (χ1) is 4.18. The van der Waals surface area contributed by atoms with E-state index in [9.17, 15) is 4.79 Å². The van der Waals surface area contributed by atoms with Gasteiger partial charge in [-0.05, 0) is 6.92 Å². The molecule has 50 valence electrons. The maximum Gasteiger partial charge on any atom is 0.172 e. The number of hydrogen-bond donors (Lipinski definition) is 1. The van der Waals surface area contributed by atoms with Gasteiger partial charge >= 0.3 is 0 Å². The van der Waals surface area contributed by atoms with E-state index in [0.717, 1.165) is 0 Å². The van der Waals surface area contributed by atoms with Crippen LogP contribution in [0, 0.1) is 11.8 Å². The fourth-order valence-corrected chi connectivity index (χ4v) is 0.314. The Kier molecular flexibility index (Phi) is 4.12. The Labute approximate surface area is 58.8 Å². The number of carbonyl (C=O) groups is 1. The summed E-state index contributed by atoms with van der Waals surface area (Å²) in [7, 11) is 0. The standard InChI is InChI=1S/C6H7ClO2/c1-5(8)6(9)3-2-4-7/h6,9H,4H2,1H3. The van der Waals surface area contributed by atoms with Crippen molar-refractivity contribution in [3.8, 4) is 11.8 Å². The zero-order chi connectivity index (χ0) is 7.28. The first-order valence-corrected chi connectivity index (χ1v) is 2.95. The molecule has 1 atom stereocenters. The monoisotopic (exact) mass is 146 g/mol. The first-order valence-electron chi connectivity index (χ1n) is 2.41. The summed E-state index contributed by atoms with van der Waals surface area (Å²) in [4.78, 5) is 10.3. The number of halogens is 1. The minimum absolute atomic E-state index is 0.143. The zero-order valence-electron chi connectivity index (χ0n) is 5.02. The van der Waals surface area contributed by atoms with Gasteiger partial charge in [-0.2, -0.15) is 0 Å². The quantitative estimate of drug-likeness (QED) is 0.423. The molecule has 1 N–H and O–H groups in total. The molecule has 0 bridgehead atoms. The van der Waals surface area contributed by atoms with E-state index in [1.165, 1.54) is 6.92 Å². The van der Waals surface area contributed by atoms with Gasteiger partial charge in [-0.3, -0.25) is 4.79 Å². The van der Waals surface area contributed by atoms with Crippen molar-refractivity contribution in [2.75, 3.05) is 5.88 Å². The molecular formula is C6H7ClO2. The SMILES string of the molecule is CC(=O)C(O)C#CCCl. The molecule has 0 aromatic carbocycles. The molecule has 0 spiro atoms. The molecule has 9 heavy (non-hydrogen) atoms. The largest absolute Gasteiger partial charge is 0.373 e. The van der Waals surface area contributed by atoms with E-state index < -0.39 is 6.10 Å². The maximum absolute atomic E-state index is 10.3. The van der Waals surface area contributed by atoms with E-state index in [4.69, 9.17) is 16.7 Å². The predicted octanol–water partition coefficient (Wildman–Crippen LogP) is 0.179. The second-order valence-electron chi connectivity index (χ2n) is 1.47. The summed E-state index contributed by atoms with van der Waals surface area (Å²) in [5.74, 6) is 4.42. The molecule has 0 aliphatic carbocycles. The summed E-state index contributed by atoms with van der Waals surface area (Å²) in [6, 6.07) is 0. The van der Waals surface area contributed by atoms with E-state index in [1.54, 1.807) is 0 Å². The molecule has 0 saturated carbocycles. The Morgan fingerprint density at radius 2 is 2.44 bits per heavy atom. The Hall–Kier alpha value is -0.520. The van der Waals surface area contributed by atoms with Gasteiger partial charge in [0.25, 0.3) is 0 Å². The summed E-state index contributed by atoms with van der Waals surface area (Å²) < 4.78 is 0. The molecule has 0 radical (unpaired) electrons. The second-order valence-corrected chi connectivity index (χ2v) is 1.74. The lowest BCUT2D eigenvalue weighted by Crippen LogP contribution is -2.13. The van der Waals surface area contributed by atoms with Crippen LogP contribution in [0.15, 0.2) is 0 Å². The Balaban J connectivity index is 3.75. The van der Waals surface area contributed by atoms with E-state index in [2.05, 4.69) is 11.8 Å². The third-order valence-electron chi connectivity index (χ3n) is 0.691. The van der Waals surface area contributed by atoms with E-state index in [0.29, 0.717) is 0 Å². The van der Waals surface area contributed by atoms with E-state index >= 15 is 0 Å². The lowest BCUT2D eigenvalue weighted by molar-refractivity contribution is -0.122. The van der Waals surface area contributed by atoms with Crippen LogP contribution in [0.5, 0.6) is 0 Å². The topological polar surface area (TPSA) is 37.3 Å². The summed E-state index contributed by atoms with van der Waals surface area (Å²) in [6.07, 6.45) is -1.16. The van der Waals surface area contributed by atoms with Crippen LogP contribution in [0.25, 0.3) is 0 Å². The van der Waals surface area contributed by atoms with Gasteiger partial charge in [-0.15, -0.1) is 11.6 Å². The normalized spacial score (nSPS) is 11.4. The Bertz CT molecular complexity index is 154. The number of hydrogen-bond acceptors (Lipinski definition) is 2.